The van der Waals surface area contributed by atoms with Crippen molar-refractivity contribution in [3.05, 3.63) is 23.0 Å². The minimum Gasteiger partial charge on any atom is -0.155 e. The van der Waals surface area contributed by atoms with Crippen LogP contribution in [0.3, 0.4) is 0 Å². The van der Waals surface area contributed by atoms with Crippen molar-refractivity contribution in [3.8, 4) is 0 Å². The largest absolute Gasteiger partial charge is 0.155 e. The van der Waals surface area contributed by atoms with E-state index in [-0.39, 0.29) is 5.41 Å². The van der Waals surface area contributed by atoms with E-state index in [4.69, 9.17) is 0 Å². The van der Waals surface area contributed by atoms with Crippen LogP contribution in [-0.2, 0) is 11.8 Å². The van der Waals surface area contributed by atoms with Crippen LogP contribution in [0.25, 0.3) is 0 Å². The highest BCUT2D eigenvalue weighted by Gasteiger charge is 2.60. The quantitative estimate of drug-likeness (QED) is 0.799. The summed E-state index contributed by atoms with van der Waals surface area (Å²) in [7, 11) is 0. The van der Waals surface area contributed by atoms with Crippen LogP contribution in [0.15, 0.2) is 6.07 Å². The first kappa shape index (κ1) is 11.9. The van der Waals surface area contributed by atoms with Gasteiger partial charge < -0.3 is 0 Å². The number of hydrogen-bond acceptors (Lipinski definition) is 2. The molecule has 3 aliphatic carbocycles. The first-order chi connectivity index (χ1) is 8.86. The predicted molar refractivity (Wildman–Crippen MR) is 76.2 cm³/mol. The maximum Gasteiger partial charge on any atom is 0.0730 e. The van der Waals surface area contributed by atoms with Crippen molar-refractivity contribution in [2.24, 2.45) is 10.8 Å². The maximum absolute atomic E-state index is 4.67. The Labute approximate surface area is 116 Å². The highest BCUT2D eigenvalue weighted by atomic mass is 15.1. The van der Waals surface area contributed by atoms with Gasteiger partial charge in [0.1, 0.15) is 0 Å². The zero-order chi connectivity index (χ0) is 13.5. The lowest BCUT2D eigenvalue weighted by molar-refractivity contribution is 0.226. The fraction of sp³-hybridized carbons (Fsp3) is 0.765. The normalized spacial score (nSPS) is 36.3. The second-order valence-corrected chi connectivity index (χ2v) is 8.27. The highest BCUT2D eigenvalue weighted by molar-refractivity contribution is 5.45. The average molecular weight is 256 g/mol. The van der Waals surface area contributed by atoms with Crippen LogP contribution in [0.4, 0.5) is 0 Å². The van der Waals surface area contributed by atoms with E-state index in [1.54, 1.807) is 0 Å². The fourth-order valence-corrected chi connectivity index (χ4v) is 4.53. The predicted octanol–water partition coefficient (Wildman–Crippen LogP) is 3.99. The van der Waals surface area contributed by atoms with Gasteiger partial charge in [-0.25, -0.2) is 0 Å². The van der Waals surface area contributed by atoms with Crippen molar-refractivity contribution in [1.29, 1.82) is 0 Å². The summed E-state index contributed by atoms with van der Waals surface area (Å²) in [6.07, 6.45) is 6.45. The number of aromatic nitrogens is 2. The molecule has 1 aromatic rings. The van der Waals surface area contributed by atoms with E-state index in [0.717, 1.165) is 6.42 Å². The molecule has 0 spiro atoms. The van der Waals surface area contributed by atoms with Gasteiger partial charge in [0.15, 0.2) is 0 Å². The molecule has 2 bridgehead atoms. The Hall–Kier alpha value is -0.920. The molecule has 2 fully saturated rings. The summed E-state index contributed by atoms with van der Waals surface area (Å²) < 4.78 is 0. The average Bonchev–Trinajstić information content (AvgIpc) is 2.97. The number of nitrogens with zero attached hydrogens (tertiary/aromatic N) is 2. The Kier molecular flexibility index (Phi) is 2.01. The van der Waals surface area contributed by atoms with Crippen molar-refractivity contribution in [2.45, 2.75) is 71.1 Å². The standard InChI is InChI=1S/C17H24N2/c1-15(2)13-5-6-17(15,4)14-12(13)9-11(18-19-14)10-16(3)7-8-16/h9,13H,5-8,10H2,1-4H3/t13-,17+/m0/s1. The number of rotatable bonds is 2. The van der Waals surface area contributed by atoms with Crippen LogP contribution < -0.4 is 0 Å². The third-order valence-electron chi connectivity index (χ3n) is 6.71. The van der Waals surface area contributed by atoms with Crippen molar-refractivity contribution >= 4 is 0 Å². The Morgan fingerprint density at radius 1 is 1.11 bits per heavy atom. The van der Waals surface area contributed by atoms with E-state index in [0.29, 0.717) is 16.7 Å². The lowest BCUT2D eigenvalue weighted by Crippen LogP contribution is -2.32. The summed E-state index contributed by atoms with van der Waals surface area (Å²) >= 11 is 0. The van der Waals surface area contributed by atoms with Gasteiger partial charge in [-0.15, -0.1) is 0 Å². The smallest absolute Gasteiger partial charge is 0.0730 e. The van der Waals surface area contributed by atoms with Gasteiger partial charge in [-0.3, -0.25) is 0 Å². The Morgan fingerprint density at radius 2 is 1.84 bits per heavy atom. The third-order valence-corrected chi connectivity index (χ3v) is 6.71. The molecule has 2 heteroatoms. The molecule has 2 saturated carbocycles. The van der Waals surface area contributed by atoms with E-state index in [1.807, 2.05) is 0 Å². The van der Waals surface area contributed by atoms with E-state index in [9.17, 15) is 0 Å². The van der Waals surface area contributed by atoms with Crippen molar-refractivity contribution < 1.29 is 0 Å². The third kappa shape index (κ3) is 1.38. The number of fused-ring (bicyclic) bond motifs is 5. The summed E-state index contributed by atoms with van der Waals surface area (Å²) in [4.78, 5) is 0. The Balaban J connectivity index is 1.77. The Morgan fingerprint density at radius 3 is 2.53 bits per heavy atom. The minimum atomic E-state index is 0.252. The minimum absolute atomic E-state index is 0.252. The summed E-state index contributed by atoms with van der Waals surface area (Å²) in [6.45, 7) is 9.62. The fourth-order valence-electron chi connectivity index (χ4n) is 4.53. The SMILES string of the molecule is CC1(Cc2cc3c(nn2)[C@@]2(C)CC[C@@H]3C2(C)C)CC1. The molecule has 0 amide bonds. The topological polar surface area (TPSA) is 25.8 Å². The second-order valence-electron chi connectivity index (χ2n) is 8.27. The lowest BCUT2D eigenvalue weighted by atomic mass is 9.70. The summed E-state index contributed by atoms with van der Waals surface area (Å²) in [5.74, 6) is 0.703. The van der Waals surface area contributed by atoms with Gasteiger partial charge in [0, 0.05) is 5.41 Å². The summed E-state index contributed by atoms with van der Waals surface area (Å²) in [6, 6.07) is 2.39. The van der Waals surface area contributed by atoms with Gasteiger partial charge in [-0.1, -0.05) is 27.7 Å². The van der Waals surface area contributed by atoms with E-state index >= 15 is 0 Å². The van der Waals surface area contributed by atoms with Gasteiger partial charge >= 0.3 is 0 Å². The summed E-state index contributed by atoms with van der Waals surface area (Å²) in [5.41, 5.74) is 5.19. The van der Waals surface area contributed by atoms with E-state index in [2.05, 4.69) is 44.0 Å². The molecule has 4 rings (SSSR count). The van der Waals surface area contributed by atoms with Crippen LogP contribution in [0, 0.1) is 10.8 Å². The van der Waals surface area contributed by atoms with Crippen molar-refractivity contribution in [2.75, 3.05) is 0 Å². The molecule has 2 nitrogen and oxygen atoms in total. The highest BCUT2D eigenvalue weighted by Crippen LogP contribution is 2.67. The molecule has 0 aliphatic heterocycles. The molecule has 3 aliphatic rings. The molecule has 0 radical (unpaired) electrons. The first-order valence-electron chi connectivity index (χ1n) is 7.73. The molecule has 2 atom stereocenters. The van der Waals surface area contributed by atoms with Gasteiger partial charge in [0.05, 0.1) is 11.4 Å². The van der Waals surface area contributed by atoms with Crippen molar-refractivity contribution in [1.82, 2.24) is 10.2 Å². The van der Waals surface area contributed by atoms with Crippen LogP contribution in [0.2, 0.25) is 0 Å². The van der Waals surface area contributed by atoms with Crippen LogP contribution in [0.5, 0.6) is 0 Å². The molecule has 102 valence electrons. The van der Waals surface area contributed by atoms with E-state index < -0.39 is 0 Å². The second kappa shape index (κ2) is 3.21. The molecule has 1 heterocycles. The molecular formula is C17H24N2. The van der Waals surface area contributed by atoms with Crippen LogP contribution in [0.1, 0.15) is 76.2 Å². The van der Waals surface area contributed by atoms with Gasteiger partial charge in [0.25, 0.3) is 0 Å². The maximum atomic E-state index is 4.67. The lowest BCUT2D eigenvalue weighted by Gasteiger charge is -2.33. The molecule has 1 aromatic heterocycles. The van der Waals surface area contributed by atoms with Gasteiger partial charge in [0.2, 0.25) is 0 Å². The van der Waals surface area contributed by atoms with Crippen LogP contribution in [-0.4, -0.2) is 10.2 Å². The zero-order valence-corrected chi connectivity index (χ0v) is 12.6. The molecule has 0 aromatic carbocycles. The molecule has 0 N–H and O–H groups in total. The first-order valence-corrected chi connectivity index (χ1v) is 7.73. The summed E-state index contributed by atoms with van der Waals surface area (Å²) in [5, 5.41) is 9.23. The van der Waals surface area contributed by atoms with Crippen molar-refractivity contribution in [3.63, 3.8) is 0 Å². The van der Waals surface area contributed by atoms with Gasteiger partial charge in [-0.2, -0.15) is 10.2 Å². The van der Waals surface area contributed by atoms with E-state index in [1.165, 1.54) is 42.6 Å². The molecule has 0 unspecified atom stereocenters. The molecular weight excluding hydrogens is 232 g/mol. The van der Waals surface area contributed by atoms with Gasteiger partial charge in [-0.05, 0) is 60.5 Å². The number of hydrogen-bond donors (Lipinski definition) is 0. The zero-order valence-electron chi connectivity index (χ0n) is 12.6. The monoisotopic (exact) mass is 256 g/mol. The molecule has 0 saturated heterocycles. The Bertz CT molecular complexity index is 556. The van der Waals surface area contributed by atoms with Crippen LogP contribution >= 0.6 is 0 Å². The molecule has 19 heavy (non-hydrogen) atoms.